The molecule has 0 atom stereocenters. The largest absolute Gasteiger partial charge is 0.545 e. The molecule has 0 aromatic carbocycles. The summed E-state index contributed by atoms with van der Waals surface area (Å²) in [6.45, 7) is 0.934. The minimum Gasteiger partial charge on any atom is -0.545 e. The molecule has 0 radical (unpaired) electrons. The molecule has 0 bridgehead atoms. The Balaban J connectivity index is 0. The van der Waals surface area contributed by atoms with Gasteiger partial charge in [-0.2, -0.15) is 12.6 Å². The van der Waals surface area contributed by atoms with E-state index in [2.05, 4.69) is 18.4 Å². The number of aliphatic carboxylic acids is 2. The zero-order valence-corrected chi connectivity index (χ0v) is 7.29. The molecule has 0 aliphatic rings. The minimum absolute atomic E-state index is 0.447. The van der Waals surface area contributed by atoms with E-state index in [1.165, 1.54) is 0 Å². The van der Waals surface area contributed by atoms with Gasteiger partial charge in [-0.05, 0) is 6.08 Å². The second-order valence-electron chi connectivity index (χ2n) is 1.57. The predicted molar refractivity (Wildman–Crippen MR) is 43.4 cm³/mol. The molecule has 0 aromatic rings. The van der Waals surface area contributed by atoms with Gasteiger partial charge in [-0.3, -0.25) is 0 Å². The van der Waals surface area contributed by atoms with E-state index in [1.54, 1.807) is 0 Å². The van der Waals surface area contributed by atoms with Crippen LogP contribution in [0.4, 0.5) is 0 Å². The Labute approximate surface area is 75.3 Å². The maximum atomic E-state index is 9.53. The molecule has 0 aliphatic carbocycles. The molecule has 5 nitrogen and oxygen atoms in total. The summed E-state index contributed by atoms with van der Waals surface area (Å²) in [7, 11) is 0. The lowest BCUT2D eigenvalue weighted by atomic mass is 10.5. The van der Waals surface area contributed by atoms with Crippen molar-refractivity contribution in [1.29, 1.82) is 0 Å². The molecule has 0 aliphatic heterocycles. The summed E-state index contributed by atoms with van der Waals surface area (Å²) in [5.41, 5.74) is 3.53. The van der Waals surface area contributed by atoms with E-state index in [9.17, 15) is 14.7 Å². The molecule has 0 aromatic heterocycles. The van der Waals surface area contributed by atoms with Crippen LogP contribution in [0.3, 0.4) is 0 Å². The lowest BCUT2D eigenvalue weighted by molar-refractivity contribution is -0.360. The summed E-state index contributed by atoms with van der Waals surface area (Å²) >= 11 is 3.86. The van der Waals surface area contributed by atoms with Crippen molar-refractivity contribution in [3.05, 3.63) is 12.2 Å². The Bertz CT molecular complexity index is 151. The van der Waals surface area contributed by atoms with Crippen LogP contribution in [0.5, 0.6) is 0 Å². The summed E-state index contributed by atoms with van der Waals surface area (Å²) in [6.07, 6.45) is 0.942. The molecule has 0 unspecified atom stereocenters. The van der Waals surface area contributed by atoms with Gasteiger partial charge in [0.2, 0.25) is 0 Å². The van der Waals surface area contributed by atoms with Crippen LogP contribution in [0.2, 0.25) is 0 Å². The topological polar surface area (TPSA) is 105 Å². The fourth-order valence-electron chi connectivity index (χ4n) is 0.139. The Kier molecular flexibility index (Phi) is 11.3. The lowest BCUT2D eigenvalue weighted by Crippen LogP contribution is -2.51. The van der Waals surface area contributed by atoms with E-state index in [0.717, 1.165) is 12.3 Å². The number of rotatable bonds is 3. The number of thiol groups is 1. The van der Waals surface area contributed by atoms with Gasteiger partial charge in [-0.15, -0.1) is 0 Å². The van der Waals surface area contributed by atoms with E-state index in [0.29, 0.717) is 12.2 Å². The molecule has 0 fully saturated rings. The van der Waals surface area contributed by atoms with Gasteiger partial charge in [-0.25, -0.2) is 4.79 Å². The van der Waals surface area contributed by atoms with Crippen molar-refractivity contribution < 1.29 is 25.5 Å². The Morgan fingerprint density at radius 1 is 1.50 bits per heavy atom. The number of hydrogen-bond acceptors (Lipinski definition) is 4. The highest BCUT2D eigenvalue weighted by molar-refractivity contribution is 7.80. The van der Waals surface area contributed by atoms with Crippen LogP contribution in [-0.4, -0.2) is 29.3 Å². The SMILES string of the molecule is O=C([O-])/C=C\C(=O)O.[NH3+]CCS. The van der Waals surface area contributed by atoms with Crippen molar-refractivity contribution in [2.45, 2.75) is 0 Å². The third-order valence-corrected chi connectivity index (χ3v) is 0.836. The molecule has 0 spiro atoms. The highest BCUT2D eigenvalue weighted by Crippen LogP contribution is 1.67. The predicted octanol–water partition coefficient (Wildman–Crippen LogP) is -2.46. The molecule has 4 N–H and O–H groups in total. The van der Waals surface area contributed by atoms with Crippen LogP contribution in [0, 0.1) is 0 Å². The van der Waals surface area contributed by atoms with Crippen molar-refractivity contribution in [2.75, 3.05) is 12.3 Å². The zero-order chi connectivity index (χ0) is 9.98. The molecule has 0 heterocycles. The molecule has 12 heavy (non-hydrogen) atoms. The van der Waals surface area contributed by atoms with E-state index in [-0.39, 0.29) is 0 Å². The molecular formula is C6H11NO4S. The molecule has 6 heteroatoms. The maximum Gasteiger partial charge on any atom is 0.328 e. The first-order chi connectivity index (χ1) is 5.54. The van der Waals surface area contributed by atoms with Crippen molar-refractivity contribution in [3.8, 4) is 0 Å². The third-order valence-electron chi connectivity index (χ3n) is 0.520. The van der Waals surface area contributed by atoms with Gasteiger partial charge < -0.3 is 20.7 Å². The highest BCUT2D eigenvalue weighted by Gasteiger charge is 1.81. The number of carboxylic acid groups (broad SMARTS) is 2. The summed E-state index contributed by atoms with van der Waals surface area (Å²) < 4.78 is 0. The highest BCUT2D eigenvalue weighted by atomic mass is 32.1. The molecule has 70 valence electrons. The van der Waals surface area contributed by atoms with Crippen LogP contribution >= 0.6 is 12.6 Å². The van der Waals surface area contributed by atoms with E-state index in [4.69, 9.17) is 5.11 Å². The molecule has 0 saturated carbocycles. The zero-order valence-electron chi connectivity index (χ0n) is 6.40. The summed E-state index contributed by atoms with van der Waals surface area (Å²) in [4.78, 5) is 19.0. The van der Waals surface area contributed by atoms with Crippen LogP contribution in [0.15, 0.2) is 12.2 Å². The average Bonchev–Trinajstić information content (AvgIpc) is 2.01. The number of quaternary nitrogens is 1. The van der Waals surface area contributed by atoms with Crippen molar-refractivity contribution in [2.24, 2.45) is 0 Å². The van der Waals surface area contributed by atoms with Gasteiger partial charge in [0.15, 0.2) is 0 Å². The summed E-state index contributed by atoms with van der Waals surface area (Å²) in [6, 6.07) is 0. The molecule has 0 amide bonds. The van der Waals surface area contributed by atoms with Crippen LogP contribution in [-0.2, 0) is 9.59 Å². The van der Waals surface area contributed by atoms with Gasteiger partial charge in [0.25, 0.3) is 0 Å². The molecule has 0 rings (SSSR count). The standard InChI is InChI=1S/C4H4O4.C2H7NS/c5-3(6)1-2-4(7)8;3-1-2-4/h1-2H,(H,5,6)(H,7,8);4H,1-3H2/b2-1-;. The van der Waals surface area contributed by atoms with Gasteiger partial charge in [0.1, 0.15) is 0 Å². The monoisotopic (exact) mass is 193 g/mol. The fraction of sp³-hybridized carbons (Fsp3) is 0.333. The number of carbonyl (C=O) groups excluding carboxylic acids is 1. The van der Waals surface area contributed by atoms with Gasteiger partial charge in [0.05, 0.1) is 12.5 Å². The minimum atomic E-state index is -1.51. The van der Waals surface area contributed by atoms with Crippen molar-refractivity contribution >= 4 is 24.6 Å². The van der Waals surface area contributed by atoms with Crippen molar-refractivity contribution in [3.63, 3.8) is 0 Å². The Morgan fingerprint density at radius 3 is 2.00 bits per heavy atom. The molecular weight excluding hydrogens is 182 g/mol. The number of carboxylic acids is 2. The smallest absolute Gasteiger partial charge is 0.328 e. The summed E-state index contributed by atoms with van der Waals surface area (Å²) in [5.74, 6) is -1.90. The van der Waals surface area contributed by atoms with Gasteiger partial charge in [0, 0.05) is 11.8 Å². The number of carbonyl (C=O) groups is 2. The Morgan fingerprint density at radius 2 is 1.92 bits per heavy atom. The van der Waals surface area contributed by atoms with E-state index < -0.39 is 11.9 Å². The lowest BCUT2D eigenvalue weighted by Gasteiger charge is -1.85. The third kappa shape index (κ3) is 23.0. The quantitative estimate of drug-likeness (QED) is 0.341. The van der Waals surface area contributed by atoms with Crippen LogP contribution < -0.4 is 10.8 Å². The second kappa shape index (κ2) is 9.99. The first kappa shape index (κ1) is 13.6. The summed E-state index contributed by atoms with van der Waals surface area (Å²) in [5, 5.41) is 17.2. The van der Waals surface area contributed by atoms with Gasteiger partial charge in [-0.1, -0.05) is 0 Å². The normalized spacial score (nSPS) is 8.83. The van der Waals surface area contributed by atoms with E-state index in [1.807, 2.05) is 0 Å². The Hall–Kier alpha value is -1.01. The van der Waals surface area contributed by atoms with Crippen LogP contribution in [0.1, 0.15) is 0 Å². The first-order valence-corrected chi connectivity index (χ1v) is 3.70. The van der Waals surface area contributed by atoms with Gasteiger partial charge >= 0.3 is 5.97 Å². The molecule has 0 saturated heterocycles. The van der Waals surface area contributed by atoms with E-state index >= 15 is 0 Å². The van der Waals surface area contributed by atoms with Crippen LogP contribution in [0.25, 0.3) is 0 Å². The second-order valence-corrected chi connectivity index (χ2v) is 2.01. The first-order valence-electron chi connectivity index (χ1n) is 3.06. The van der Waals surface area contributed by atoms with Crippen molar-refractivity contribution in [1.82, 2.24) is 0 Å². The average molecular weight is 193 g/mol. The number of hydrogen-bond donors (Lipinski definition) is 3. The maximum absolute atomic E-state index is 9.53. The fourth-order valence-corrected chi connectivity index (χ4v) is 0.139.